The van der Waals surface area contributed by atoms with Crippen LogP contribution in [0.2, 0.25) is 0 Å². The highest BCUT2D eigenvalue weighted by Crippen LogP contribution is 2.50. The fourth-order valence-corrected chi connectivity index (χ4v) is 3.23. The van der Waals surface area contributed by atoms with Crippen LogP contribution in [0.4, 0.5) is 0 Å². The van der Waals surface area contributed by atoms with Crippen LogP contribution in [-0.2, 0) is 13.1 Å². The van der Waals surface area contributed by atoms with Crippen molar-refractivity contribution in [1.29, 1.82) is 0 Å². The Bertz CT molecular complexity index is 476. The van der Waals surface area contributed by atoms with E-state index in [1.54, 1.807) is 0 Å². The zero-order valence-electron chi connectivity index (χ0n) is 12.6. The quantitative estimate of drug-likeness (QED) is 0.816. The molecule has 0 aromatic heterocycles. The maximum atomic E-state index is 5.71. The van der Waals surface area contributed by atoms with Gasteiger partial charge in [0.15, 0.2) is 0 Å². The minimum Gasteiger partial charge on any atom is -0.358 e. The van der Waals surface area contributed by atoms with E-state index in [1.807, 2.05) is 0 Å². The second kappa shape index (κ2) is 5.38. The second-order valence-electron chi connectivity index (χ2n) is 6.16. The highest BCUT2D eigenvalue weighted by molar-refractivity contribution is 5.37. The van der Waals surface area contributed by atoms with Crippen LogP contribution >= 0.6 is 0 Å². The first-order chi connectivity index (χ1) is 9.01. The van der Waals surface area contributed by atoms with Gasteiger partial charge in [0.05, 0.1) is 5.54 Å². The summed E-state index contributed by atoms with van der Waals surface area (Å²) in [5.41, 5.74) is 10.0. The highest BCUT2D eigenvalue weighted by atomic mass is 15.4. The zero-order valence-corrected chi connectivity index (χ0v) is 12.6. The van der Waals surface area contributed by atoms with Gasteiger partial charge in [0.2, 0.25) is 0 Å². The Labute approximate surface area is 117 Å². The third-order valence-electron chi connectivity index (χ3n) is 4.04. The molecule has 0 aliphatic carbocycles. The molecule has 2 rings (SSSR count). The lowest BCUT2D eigenvalue weighted by atomic mass is 9.97. The fourth-order valence-electron chi connectivity index (χ4n) is 3.23. The normalized spacial score (nSPS) is 24.3. The molecule has 0 amide bonds. The summed E-state index contributed by atoms with van der Waals surface area (Å²) in [4.78, 5) is 2.52. The number of benzene rings is 1. The van der Waals surface area contributed by atoms with Crippen molar-refractivity contribution in [3.8, 4) is 0 Å². The van der Waals surface area contributed by atoms with Crippen LogP contribution in [0.5, 0.6) is 0 Å². The Balaban J connectivity index is 2.11. The van der Waals surface area contributed by atoms with E-state index in [-0.39, 0.29) is 5.54 Å². The van der Waals surface area contributed by atoms with E-state index in [0.717, 1.165) is 12.5 Å². The SMILES string of the molecule is CC=C1N(Cc2cccc(CN)c2)C1(C)CC(C)C. The minimum atomic E-state index is 0.266. The van der Waals surface area contributed by atoms with Gasteiger partial charge in [-0.2, -0.15) is 0 Å². The molecule has 2 N–H and O–H groups in total. The monoisotopic (exact) mass is 258 g/mol. The molecule has 104 valence electrons. The highest BCUT2D eigenvalue weighted by Gasteiger charge is 2.52. The minimum absolute atomic E-state index is 0.266. The predicted molar refractivity (Wildman–Crippen MR) is 81.5 cm³/mol. The van der Waals surface area contributed by atoms with Crippen LogP contribution < -0.4 is 5.73 Å². The van der Waals surface area contributed by atoms with Crippen molar-refractivity contribution >= 4 is 0 Å². The standard InChI is InChI=1S/C17H26N2/c1-5-16-17(4,10-13(2)3)19(16)12-15-8-6-7-14(9-15)11-18/h5-9,13H,10-12,18H2,1-4H3. The van der Waals surface area contributed by atoms with Gasteiger partial charge in [-0.1, -0.05) is 44.2 Å². The van der Waals surface area contributed by atoms with E-state index in [0.29, 0.717) is 6.54 Å². The molecule has 1 unspecified atom stereocenters. The summed E-state index contributed by atoms with van der Waals surface area (Å²) in [6.45, 7) is 10.7. The molecular formula is C17H26N2. The van der Waals surface area contributed by atoms with Crippen LogP contribution in [-0.4, -0.2) is 10.4 Å². The first-order valence-electron chi connectivity index (χ1n) is 7.23. The molecule has 1 atom stereocenters. The molecule has 1 aliphatic rings. The van der Waals surface area contributed by atoms with E-state index in [2.05, 4.69) is 62.9 Å². The maximum absolute atomic E-state index is 5.71. The Morgan fingerprint density at radius 1 is 1.32 bits per heavy atom. The lowest BCUT2D eigenvalue weighted by Gasteiger charge is -2.15. The van der Waals surface area contributed by atoms with E-state index in [1.165, 1.54) is 23.2 Å². The molecule has 19 heavy (non-hydrogen) atoms. The van der Waals surface area contributed by atoms with Gasteiger partial charge >= 0.3 is 0 Å². The molecule has 1 aromatic rings. The average Bonchev–Trinajstić information content (AvgIpc) is 2.91. The predicted octanol–water partition coefficient (Wildman–Crippen LogP) is 3.67. The molecule has 1 fully saturated rings. The van der Waals surface area contributed by atoms with Gasteiger partial charge in [0.25, 0.3) is 0 Å². The van der Waals surface area contributed by atoms with Crippen LogP contribution in [0, 0.1) is 5.92 Å². The number of allylic oxidation sites excluding steroid dienone is 1. The molecule has 0 spiro atoms. The topological polar surface area (TPSA) is 29.0 Å². The number of nitrogens with zero attached hydrogens (tertiary/aromatic N) is 1. The first-order valence-corrected chi connectivity index (χ1v) is 7.23. The summed E-state index contributed by atoms with van der Waals surface area (Å²) in [6, 6.07) is 8.62. The van der Waals surface area contributed by atoms with Crippen molar-refractivity contribution in [2.75, 3.05) is 0 Å². The number of nitrogens with two attached hydrogens (primary N) is 1. The summed E-state index contributed by atoms with van der Waals surface area (Å²) in [6.07, 6.45) is 3.48. The molecule has 1 saturated heterocycles. The van der Waals surface area contributed by atoms with Crippen molar-refractivity contribution in [3.63, 3.8) is 0 Å². The van der Waals surface area contributed by atoms with E-state index >= 15 is 0 Å². The number of rotatable bonds is 5. The summed E-state index contributed by atoms with van der Waals surface area (Å²) in [5.74, 6) is 0.723. The Hall–Kier alpha value is -1.28. The number of hydrogen-bond acceptors (Lipinski definition) is 2. The van der Waals surface area contributed by atoms with Gasteiger partial charge in [-0.05, 0) is 37.3 Å². The van der Waals surface area contributed by atoms with E-state index < -0.39 is 0 Å². The maximum Gasteiger partial charge on any atom is 0.0773 e. The summed E-state index contributed by atoms with van der Waals surface area (Å²) in [7, 11) is 0. The fraction of sp³-hybridized carbons (Fsp3) is 0.529. The molecule has 2 nitrogen and oxygen atoms in total. The summed E-state index contributed by atoms with van der Waals surface area (Å²) >= 11 is 0. The Kier molecular flexibility index (Phi) is 4.00. The molecule has 1 aliphatic heterocycles. The summed E-state index contributed by atoms with van der Waals surface area (Å²) < 4.78 is 0. The van der Waals surface area contributed by atoms with Gasteiger partial charge in [0.1, 0.15) is 0 Å². The molecule has 1 heterocycles. The zero-order chi connectivity index (χ0) is 14.0. The van der Waals surface area contributed by atoms with Crippen molar-refractivity contribution in [1.82, 2.24) is 4.90 Å². The van der Waals surface area contributed by atoms with Crippen LogP contribution in [0.3, 0.4) is 0 Å². The van der Waals surface area contributed by atoms with Crippen molar-refractivity contribution in [3.05, 3.63) is 47.2 Å². The van der Waals surface area contributed by atoms with Crippen LogP contribution in [0.25, 0.3) is 0 Å². The van der Waals surface area contributed by atoms with Gasteiger partial charge in [-0.3, -0.25) is 0 Å². The van der Waals surface area contributed by atoms with Crippen LogP contribution in [0.15, 0.2) is 36.0 Å². The lowest BCUT2D eigenvalue weighted by molar-refractivity contribution is 0.363. The van der Waals surface area contributed by atoms with E-state index in [9.17, 15) is 0 Å². The van der Waals surface area contributed by atoms with Gasteiger partial charge in [-0.15, -0.1) is 0 Å². The van der Waals surface area contributed by atoms with Crippen LogP contribution in [0.1, 0.15) is 45.2 Å². The van der Waals surface area contributed by atoms with Crippen molar-refractivity contribution in [2.24, 2.45) is 11.7 Å². The summed E-state index contributed by atoms with van der Waals surface area (Å²) in [5, 5.41) is 0. The second-order valence-corrected chi connectivity index (χ2v) is 6.16. The number of hydrogen-bond donors (Lipinski definition) is 1. The third-order valence-corrected chi connectivity index (χ3v) is 4.04. The molecule has 2 heteroatoms. The van der Waals surface area contributed by atoms with Gasteiger partial charge < -0.3 is 10.6 Å². The molecule has 0 radical (unpaired) electrons. The van der Waals surface area contributed by atoms with Crippen molar-refractivity contribution in [2.45, 2.75) is 52.7 Å². The van der Waals surface area contributed by atoms with E-state index in [4.69, 9.17) is 5.73 Å². The first kappa shape index (κ1) is 14.1. The molecule has 1 aromatic carbocycles. The lowest BCUT2D eigenvalue weighted by Crippen LogP contribution is -2.16. The molecular weight excluding hydrogens is 232 g/mol. The van der Waals surface area contributed by atoms with Gasteiger partial charge in [-0.25, -0.2) is 0 Å². The molecule has 0 saturated carbocycles. The Morgan fingerprint density at radius 3 is 2.58 bits per heavy atom. The third kappa shape index (κ3) is 2.84. The smallest absolute Gasteiger partial charge is 0.0773 e. The Morgan fingerprint density at radius 2 is 2.00 bits per heavy atom. The largest absolute Gasteiger partial charge is 0.358 e. The average molecular weight is 258 g/mol. The molecule has 0 bridgehead atoms. The van der Waals surface area contributed by atoms with Gasteiger partial charge in [0, 0.05) is 18.8 Å². The van der Waals surface area contributed by atoms with Crippen molar-refractivity contribution < 1.29 is 0 Å².